The second kappa shape index (κ2) is 4.56. The molecule has 92 valence electrons. The zero-order chi connectivity index (χ0) is 12.4. The normalized spacial score (nSPS) is 13.1. The molecular weight excluding hydrogens is 198 g/mol. The van der Waals surface area contributed by atoms with Crippen LogP contribution in [-0.4, -0.2) is 15.0 Å². The molecule has 1 heterocycles. The topological polar surface area (TPSA) is 30.7 Å². The van der Waals surface area contributed by atoms with Gasteiger partial charge in [-0.25, -0.2) is 0 Å². The van der Waals surface area contributed by atoms with Crippen molar-refractivity contribution in [2.75, 3.05) is 0 Å². The molecule has 0 aromatic carbocycles. The summed E-state index contributed by atoms with van der Waals surface area (Å²) >= 11 is 0. The van der Waals surface area contributed by atoms with Crippen LogP contribution in [0.25, 0.3) is 0 Å². The average Bonchev–Trinajstić information content (AvgIpc) is 2.49. The largest absolute Gasteiger partial charge is 0.185 e. The predicted octanol–water partition coefficient (Wildman–Crippen LogP) is 3.40. The summed E-state index contributed by atoms with van der Waals surface area (Å²) in [6.45, 7) is 14.2. The first-order chi connectivity index (χ1) is 7.18. The number of aromatic nitrogens is 3. The Morgan fingerprint density at radius 2 is 1.75 bits per heavy atom. The van der Waals surface area contributed by atoms with Crippen molar-refractivity contribution in [2.45, 2.75) is 66.3 Å². The van der Waals surface area contributed by atoms with E-state index in [0.717, 1.165) is 18.7 Å². The van der Waals surface area contributed by atoms with Gasteiger partial charge in [0.1, 0.15) is 0 Å². The molecule has 0 radical (unpaired) electrons. The Labute approximate surface area is 99.2 Å². The van der Waals surface area contributed by atoms with Gasteiger partial charge in [-0.2, -0.15) is 15.0 Å². The lowest BCUT2D eigenvalue weighted by Crippen LogP contribution is -2.13. The highest BCUT2D eigenvalue weighted by Gasteiger charge is 2.17. The summed E-state index contributed by atoms with van der Waals surface area (Å²) in [5.41, 5.74) is 1.57. The molecular formula is C13H25N3. The van der Waals surface area contributed by atoms with Crippen LogP contribution in [0.3, 0.4) is 0 Å². The van der Waals surface area contributed by atoms with Gasteiger partial charge in [-0.3, -0.25) is 0 Å². The molecule has 0 saturated carbocycles. The van der Waals surface area contributed by atoms with Crippen LogP contribution in [-0.2, 0) is 12.0 Å². The van der Waals surface area contributed by atoms with Crippen LogP contribution in [0.2, 0.25) is 0 Å². The summed E-state index contributed by atoms with van der Waals surface area (Å²) in [6, 6.07) is 0. The van der Waals surface area contributed by atoms with Gasteiger partial charge in [0.25, 0.3) is 0 Å². The molecule has 0 aliphatic rings. The van der Waals surface area contributed by atoms with E-state index in [0.29, 0.717) is 5.41 Å². The van der Waals surface area contributed by atoms with Gasteiger partial charge in [0.15, 0.2) is 0 Å². The summed E-state index contributed by atoms with van der Waals surface area (Å²) in [6.07, 6.45) is 4.23. The number of nitrogens with zero attached hydrogens (tertiary/aromatic N) is 3. The minimum Gasteiger partial charge on any atom is -0.185 e. The third-order valence-electron chi connectivity index (χ3n) is 2.59. The fourth-order valence-electron chi connectivity index (χ4n) is 1.50. The fraction of sp³-hybridized carbons (Fsp3) is 0.846. The number of hydrogen-bond acceptors (Lipinski definition) is 2. The molecule has 0 aliphatic carbocycles. The summed E-state index contributed by atoms with van der Waals surface area (Å²) in [4.78, 5) is 1.83. The van der Waals surface area contributed by atoms with Crippen LogP contribution >= 0.6 is 0 Å². The first-order valence-electron chi connectivity index (χ1n) is 6.09. The zero-order valence-electron chi connectivity index (χ0n) is 11.5. The Morgan fingerprint density at radius 3 is 2.19 bits per heavy atom. The highest BCUT2D eigenvalue weighted by molar-refractivity contribution is 5.05. The van der Waals surface area contributed by atoms with Gasteiger partial charge in [0.05, 0.1) is 18.4 Å². The van der Waals surface area contributed by atoms with Crippen LogP contribution in [0.1, 0.15) is 60.1 Å². The Morgan fingerprint density at radius 1 is 1.12 bits per heavy atom. The molecule has 0 unspecified atom stereocenters. The molecule has 0 bridgehead atoms. The molecule has 3 nitrogen and oxygen atoms in total. The van der Waals surface area contributed by atoms with Gasteiger partial charge in [0.2, 0.25) is 0 Å². The van der Waals surface area contributed by atoms with E-state index in [2.05, 4.69) is 51.7 Å². The van der Waals surface area contributed by atoms with Gasteiger partial charge in [0, 0.05) is 5.41 Å². The molecule has 1 aromatic heterocycles. The highest BCUT2D eigenvalue weighted by Crippen LogP contribution is 2.21. The summed E-state index contributed by atoms with van der Waals surface area (Å²) < 4.78 is 0. The van der Waals surface area contributed by atoms with Crippen LogP contribution in [0.15, 0.2) is 6.20 Å². The SMILES string of the molecule is CC(C)(C)CCCn1ncc(C(C)(C)C)n1. The highest BCUT2D eigenvalue weighted by atomic mass is 15.5. The van der Waals surface area contributed by atoms with Crippen molar-refractivity contribution in [2.24, 2.45) is 5.41 Å². The van der Waals surface area contributed by atoms with E-state index < -0.39 is 0 Å². The summed E-state index contributed by atoms with van der Waals surface area (Å²) in [7, 11) is 0. The summed E-state index contributed by atoms with van der Waals surface area (Å²) in [5, 5.41) is 8.81. The average molecular weight is 223 g/mol. The molecule has 0 spiro atoms. The van der Waals surface area contributed by atoms with Crippen molar-refractivity contribution in [3.63, 3.8) is 0 Å². The van der Waals surface area contributed by atoms with Gasteiger partial charge in [-0.15, -0.1) is 0 Å². The minimum absolute atomic E-state index is 0.0995. The summed E-state index contributed by atoms with van der Waals surface area (Å²) in [5.74, 6) is 0. The van der Waals surface area contributed by atoms with Crippen molar-refractivity contribution in [1.29, 1.82) is 0 Å². The molecule has 16 heavy (non-hydrogen) atoms. The molecule has 0 saturated heterocycles. The number of rotatable bonds is 3. The second-order valence-corrected chi connectivity index (χ2v) is 6.74. The Balaban J connectivity index is 2.48. The standard InChI is InChI=1S/C13H25N3/c1-12(2,3)8-7-9-16-14-10-11(15-16)13(4,5)6/h10H,7-9H2,1-6H3. The lowest BCUT2D eigenvalue weighted by molar-refractivity contribution is 0.340. The molecule has 1 rings (SSSR count). The maximum absolute atomic E-state index is 4.51. The minimum atomic E-state index is 0.0995. The van der Waals surface area contributed by atoms with E-state index in [-0.39, 0.29) is 5.41 Å². The molecule has 0 aliphatic heterocycles. The zero-order valence-corrected chi connectivity index (χ0v) is 11.5. The quantitative estimate of drug-likeness (QED) is 0.786. The fourth-order valence-corrected chi connectivity index (χ4v) is 1.50. The van der Waals surface area contributed by atoms with Gasteiger partial charge >= 0.3 is 0 Å². The smallest absolute Gasteiger partial charge is 0.0880 e. The molecule has 3 heteroatoms. The van der Waals surface area contributed by atoms with Crippen LogP contribution in [0.4, 0.5) is 0 Å². The van der Waals surface area contributed by atoms with Crippen molar-refractivity contribution in [3.05, 3.63) is 11.9 Å². The predicted molar refractivity (Wildman–Crippen MR) is 67.4 cm³/mol. The van der Waals surface area contributed by atoms with Gasteiger partial charge in [-0.05, 0) is 18.3 Å². The maximum atomic E-state index is 4.51. The first-order valence-corrected chi connectivity index (χ1v) is 6.09. The lowest BCUT2D eigenvalue weighted by Gasteiger charge is -2.17. The van der Waals surface area contributed by atoms with Gasteiger partial charge in [-0.1, -0.05) is 41.5 Å². The van der Waals surface area contributed by atoms with Crippen molar-refractivity contribution in [1.82, 2.24) is 15.0 Å². The number of aryl methyl sites for hydroxylation is 1. The van der Waals surface area contributed by atoms with Gasteiger partial charge < -0.3 is 0 Å². The Hall–Kier alpha value is -0.860. The van der Waals surface area contributed by atoms with E-state index in [1.54, 1.807) is 0 Å². The van der Waals surface area contributed by atoms with Crippen molar-refractivity contribution in [3.8, 4) is 0 Å². The molecule has 1 aromatic rings. The second-order valence-electron chi connectivity index (χ2n) is 6.74. The van der Waals surface area contributed by atoms with E-state index in [1.165, 1.54) is 6.42 Å². The van der Waals surface area contributed by atoms with Crippen molar-refractivity contribution < 1.29 is 0 Å². The van der Waals surface area contributed by atoms with E-state index >= 15 is 0 Å². The van der Waals surface area contributed by atoms with Crippen LogP contribution < -0.4 is 0 Å². The Bertz CT molecular complexity index is 326. The lowest BCUT2D eigenvalue weighted by atomic mass is 9.91. The van der Waals surface area contributed by atoms with Crippen LogP contribution in [0.5, 0.6) is 0 Å². The first kappa shape index (κ1) is 13.2. The van der Waals surface area contributed by atoms with E-state index in [1.807, 2.05) is 11.0 Å². The van der Waals surface area contributed by atoms with E-state index in [4.69, 9.17) is 0 Å². The molecule has 0 atom stereocenters. The third-order valence-corrected chi connectivity index (χ3v) is 2.59. The molecule has 0 amide bonds. The number of hydrogen-bond donors (Lipinski definition) is 0. The maximum Gasteiger partial charge on any atom is 0.0880 e. The monoisotopic (exact) mass is 223 g/mol. The molecule has 0 N–H and O–H groups in total. The van der Waals surface area contributed by atoms with Crippen molar-refractivity contribution >= 4 is 0 Å². The Kier molecular flexibility index (Phi) is 3.76. The third kappa shape index (κ3) is 4.33. The van der Waals surface area contributed by atoms with E-state index in [9.17, 15) is 0 Å². The molecule has 0 fully saturated rings. The van der Waals surface area contributed by atoms with Crippen LogP contribution in [0, 0.1) is 5.41 Å².